The summed E-state index contributed by atoms with van der Waals surface area (Å²) in [5.74, 6) is -0.380. The highest BCUT2D eigenvalue weighted by Crippen LogP contribution is 2.33. The van der Waals surface area contributed by atoms with E-state index in [1.807, 2.05) is 42.5 Å². The fourth-order valence-electron chi connectivity index (χ4n) is 4.29. The number of likely N-dealkylation sites (tertiary alicyclic amines) is 1. The molecule has 2 aliphatic heterocycles. The van der Waals surface area contributed by atoms with E-state index in [1.165, 1.54) is 4.90 Å². The lowest BCUT2D eigenvalue weighted by Crippen LogP contribution is -2.45. The van der Waals surface area contributed by atoms with Gasteiger partial charge in [0.25, 0.3) is 5.91 Å². The molecule has 0 aliphatic carbocycles. The molecule has 0 unspecified atom stereocenters. The van der Waals surface area contributed by atoms with Crippen LogP contribution in [-0.2, 0) is 21.7 Å². The van der Waals surface area contributed by atoms with Crippen LogP contribution in [0, 0.1) is 0 Å². The number of amides is 4. The second-order valence-corrected chi connectivity index (χ2v) is 8.81. The molecule has 0 aromatic heterocycles. The predicted molar refractivity (Wildman–Crippen MR) is 120 cm³/mol. The van der Waals surface area contributed by atoms with Crippen molar-refractivity contribution in [2.24, 2.45) is 0 Å². The molecule has 2 saturated heterocycles. The van der Waals surface area contributed by atoms with E-state index >= 15 is 0 Å². The van der Waals surface area contributed by atoms with Gasteiger partial charge in [-0.3, -0.25) is 14.5 Å². The topological polar surface area (TPSA) is 90.0 Å². The molecule has 4 rings (SSSR count). The summed E-state index contributed by atoms with van der Waals surface area (Å²) < 4.78 is 0. The van der Waals surface area contributed by atoms with Crippen molar-refractivity contribution in [3.05, 3.63) is 70.7 Å². The first-order valence-corrected chi connectivity index (χ1v) is 11.2. The minimum Gasteiger partial charge on any atom is -0.385 e. The minimum atomic E-state index is -0.977. The number of hydrogen-bond donors (Lipinski definition) is 2. The Bertz CT molecular complexity index is 988. The number of nitrogens with one attached hydrogen (secondary N) is 1. The molecule has 0 spiro atoms. The highest BCUT2D eigenvalue weighted by Gasteiger charge is 2.39. The molecule has 2 aliphatic rings. The molecule has 0 bridgehead atoms. The molecule has 4 amide bonds. The molecule has 1 atom stereocenters. The third kappa shape index (κ3) is 4.79. The van der Waals surface area contributed by atoms with Crippen LogP contribution in [0.25, 0.3) is 0 Å². The summed E-state index contributed by atoms with van der Waals surface area (Å²) in [4.78, 5) is 40.5. The fraction of sp³-hybridized carbons (Fsp3) is 0.375. The zero-order valence-corrected chi connectivity index (χ0v) is 18.4. The standard InChI is InChI=1S/C24H26ClN3O4/c25-19-8-6-18(7-9-19)24(32)12-14-27(15-13-24)21(29)11-10-20-22(30)28(23(31)26-20)16-17-4-2-1-3-5-17/h1-9,20,32H,10-16H2,(H,26,31)/t20-/m0/s1. The van der Waals surface area contributed by atoms with Gasteiger partial charge >= 0.3 is 6.03 Å². The molecule has 32 heavy (non-hydrogen) atoms. The van der Waals surface area contributed by atoms with Crippen molar-refractivity contribution in [3.63, 3.8) is 0 Å². The van der Waals surface area contributed by atoms with Crippen molar-refractivity contribution < 1.29 is 19.5 Å². The maximum Gasteiger partial charge on any atom is 0.325 e. The Morgan fingerprint density at radius 3 is 2.38 bits per heavy atom. The van der Waals surface area contributed by atoms with Gasteiger partial charge in [0.05, 0.1) is 12.1 Å². The number of hydrogen-bond acceptors (Lipinski definition) is 4. The second kappa shape index (κ2) is 9.30. The van der Waals surface area contributed by atoms with Gasteiger partial charge in [-0.05, 0) is 42.5 Å². The van der Waals surface area contributed by atoms with E-state index in [2.05, 4.69) is 5.32 Å². The first kappa shape index (κ1) is 22.3. The monoisotopic (exact) mass is 455 g/mol. The van der Waals surface area contributed by atoms with Crippen molar-refractivity contribution in [1.82, 2.24) is 15.1 Å². The summed E-state index contributed by atoms with van der Waals surface area (Å²) in [7, 11) is 0. The molecule has 2 fully saturated rings. The lowest BCUT2D eigenvalue weighted by atomic mass is 9.84. The molecule has 2 heterocycles. The highest BCUT2D eigenvalue weighted by molar-refractivity contribution is 6.30. The summed E-state index contributed by atoms with van der Waals surface area (Å²) in [5.41, 5.74) is 0.690. The molecular weight excluding hydrogens is 430 g/mol. The van der Waals surface area contributed by atoms with Gasteiger partial charge in [-0.25, -0.2) is 4.79 Å². The Labute approximate surface area is 192 Å². The number of imide groups is 1. The lowest BCUT2D eigenvalue weighted by molar-refractivity contribution is -0.136. The van der Waals surface area contributed by atoms with Crippen molar-refractivity contribution in [2.75, 3.05) is 13.1 Å². The molecular formula is C24H26ClN3O4. The summed E-state index contributed by atoms with van der Waals surface area (Å²) in [6.07, 6.45) is 1.29. The Hall–Kier alpha value is -2.90. The number of urea groups is 1. The van der Waals surface area contributed by atoms with E-state index < -0.39 is 17.7 Å². The van der Waals surface area contributed by atoms with Crippen LogP contribution in [0.4, 0.5) is 4.79 Å². The Kier molecular flexibility index (Phi) is 6.48. The quantitative estimate of drug-likeness (QED) is 0.655. The van der Waals surface area contributed by atoms with Crippen LogP contribution in [-0.4, -0.2) is 51.9 Å². The van der Waals surface area contributed by atoms with Crippen LogP contribution in [0.3, 0.4) is 0 Å². The van der Waals surface area contributed by atoms with Gasteiger partial charge in [-0.2, -0.15) is 0 Å². The van der Waals surface area contributed by atoms with Gasteiger partial charge in [0.1, 0.15) is 6.04 Å². The van der Waals surface area contributed by atoms with Crippen molar-refractivity contribution in [1.29, 1.82) is 0 Å². The van der Waals surface area contributed by atoms with E-state index in [-0.39, 0.29) is 31.2 Å². The van der Waals surface area contributed by atoms with Crippen LogP contribution in [0.15, 0.2) is 54.6 Å². The van der Waals surface area contributed by atoms with Crippen molar-refractivity contribution in [2.45, 2.75) is 43.9 Å². The van der Waals surface area contributed by atoms with Crippen LogP contribution in [0.2, 0.25) is 5.02 Å². The summed E-state index contributed by atoms with van der Waals surface area (Å²) in [5, 5.41) is 14.3. The third-order valence-electron chi connectivity index (χ3n) is 6.26. The van der Waals surface area contributed by atoms with Crippen LogP contribution in [0.5, 0.6) is 0 Å². The van der Waals surface area contributed by atoms with Gasteiger partial charge in [0, 0.05) is 24.5 Å². The van der Waals surface area contributed by atoms with E-state index in [0.717, 1.165) is 11.1 Å². The number of carbonyl (C=O) groups excluding carboxylic acids is 3. The number of aliphatic hydroxyl groups is 1. The first-order chi connectivity index (χ1) is 15.4. The normalized spacial score (nSPS) is 20.4. The first-order valence-electron chi connectivity index (χ1n) is 10.8. The number of halogens is 1. The fourth-order valence-corrected chi connectivity index (χ4v) is 4.42. The number of rotatable bonds is 6. The maximum absolute atomic E-state index is 12.7. The smallest absolute Gasteiger partial charge is 0.325 e. The summed E-state index contributed by atoms with van der Waals surface area (Å²) in [6, 6.07) is 15.3. The molecule has 0 radical (unpaired) electrons. The van der Waals surface area contributed by atoms with E-state index in [9.17, 15) is 19.5 Å². The Morgan fingerprint density at radius 2 is 1.72 bits per heavy atom. The van der Waals surface area contributed by atoms with Crippen LogP contribution < -0.4 is 5.32 Å². The van der Waals surface area contributed by atoms with E-state index in [0.29, 0.717) is 31.0 Å². The number of benzene rings is 2. The lowest BCUT2D eigenvalue weighted by Gasteiger charge is -2.38. The van der Waals surface area contributed by atoms with Gasteiger partial charge in [-0.1, -0.05) is 54.1 Å². The minimum absolute atomic E-state index is 0.0771. The van der Waals surface area contributed by atoms with E-state index in [1.54, 1.807) is 17.0 Å². The molecule has 0 saturated carbocycles. The number of nitrogens with zero attached hydrogens (tertiary/aromatic N) is 2. The molecule has 7 nitrogen and oxygen atoms in total. The zero-order chi connectivity index (χ0) is 22.7. The molecule has 168 valence electrons. The van der Waals surface area contributed by atoms with Gasteiger partial charge in [0.2, 0.25) is 5.91 Å². The number of piperidine rings is 1. The average Bonchev–Trinajstić information content (AvgIpc) is 3.06. The molecule has 2 N–H and O–H groups in total. The van der Waals surface area contributed by atoms with Gasteiger partial charge in [-0.15, -0.1) is 0 Å². The second-order valence-electron chi connectivity index (χ2n) is 8.37. The Morgan fingerprint density at radius 1 is 1.06 bits per heavy atom. The van der Waals surface area contributed by atoms with Crippen LogP contribution in [0.1, 0.15) is 36.8 Å². The van der Waals surface area contributed by atoms with E-state index in [4.69, 9.17) is 11.6 Å². The van der Waals surface area contributed by atoms with Gasteiger partial charge in [0.15, 0.2) is 0 Å². The van der Waals surface area contributed by atoms with Crippen LogP contribution >= 0.6 is 11.6 Å². The molecule has 8 heteroatoms. The van der Waals surface area contributed by atoms with Gasteiger partial charge < -0.3 is 15.3 Å². The SMILES string of the molecule is O=C(CC[C@@H]1NC(=O)N(Cc2ccccc2)C1=O)N1CCC(O)(c2ccc(Cl)cc2)CC1. The maximum atomic E-state index is 12.7. The zero-order valence-electron chi connectivity index (χ0n) is 17.7. The molecule has 2 aromatic carbocycles. The van der Waals surface area contributed by atoms with Crippen molar-refractivity contribution >= 4 is 29.4 Å². The Balaban J connectivity index is 1.27. The third-order valence-corrected chi connectivity index (χ3v) is 6.51. The summed E-state index contributed by atoms with van der Waals surface area (Å²) >= 11 is 5.93. The molecule has 2 aromatic rings. The predicted octanol–water partition coefficient (Wildman–Crippen LogP) is 3.05. The average molecular weight is 456 g/mol. The van der Waals surface area contributed by atoms with Crippen molar-refractivity contribution in [3.8, 4) is 0 Å². The highest BCUT2D eigenvalue weighted by atomic mass is 35.5. The number of carbonyl (C=O) groups is 3. The summed E-state index contributed by atoms with van der Waals surface area (Å²) in [6.45, 7) is 1.08. The largest absolute Gasteiger partial charge is 0.385 e.